The minimum Gasteiger partial charge on any atom is -0.530 e. The predicted octanol–water partition coefficient (Wildman–Crippen LogP) is 20.0. The molecule has 0 aromatic heterocycles. The molecule has 16 aromatic rings. The molecule has 8 heteroatoms. The van der Waals surface area contributed by atoms with E-state index >= 15 is 0 Å². The molecule has 0 aliphatic heterocycles. The van der Waals surface area contributed by atoms with Crippen LogP contribution in [0.25, 0.3) is 0 Å². The second kappa shape index (κ2) is 35.0. The van der Waals surface area contributed by atoms with Gasteiger partial charge in [0, 0.05) is 11.8 Å². The first kappa shape index (κ1) is 83.2. The third kappa shape index (κ3) is 16.6. The highest BCUT2D eigenvalue weighted by Gasteiger charge is 2.50. The Hall–Kier alpha value is -12.4. The summed E-state index contributed by atoms with van der Waals surface area (Å²) < 4.78 is 33.3. The topological polar surface area (TPSA) is 36.9 Å². The van der Waals surface area contributed by atoms with Crippen molar-refractivity contribution in [1.82, 2.24) is 0 Å². The molecular formula is C114H110O4Si4. The van der Waals surface area contributed by atoms with Gasteiger partial charge in [-0.3, -0.25) is 0 Å². The first-order valence-electron chi connectivity index (χ1n) is 43.0. The van der Waals surface area contributed by atoms with E-state index in [0.717, 1.165) is 130 Å². The highest BCUT2D eigenvalue weighted by atomic mass is 28.4. The Morgan fingerprint density at radius 1 is 0.156 bits per heavy atom. The minimum absolute atomic E-state index is 0.406. The smallest absolute Gasteiger partial charge is 0.346 e. The molecule has 606 valence electrons. The highest BCUT2D eigenvalue weighted by molar-refractivity contribution is 7.09. The predicted molar refractivity (Wildman–Crippen MR) is 523 cm³/mol. The van der Waals surface area contributed by atoms with Crippen LogP contribution in [0.3, 0.4) is 0 Å². The molecule has 0 fully saturated rings. The molecule has 0 spiro atoms. The number of rotatable bonds is 25. The van der Waals surface area contributed by atoms with Gasteiger partial charge < -0.3 is 17.7 Å². The molecule has 0 saturated carbocycles. The molecule has 0 radical (unpaired) electrons. The van der Waals surface area contributed by atoms with Crippen LogP contribution < -0.4 is 79.9 Å². The molecule has 0 unspecified atom stereocenters. The molecule has 16 aromatic carbocycles. The van der Waals surface area contributed by atoms with Gasteiger partial charge in [0.2, 0.25) is 0 Å². The van der Waals surface area contributed by atoms with E-state index in [9.17, 15) is 0 Å². The van der Waals surface area contributed by atoms with E-state index < -0.39 is 66.8 Å². The zero-order valence-electron chi connectivity index (χ0n) is 72.4. The van der Waals surface area contributed by atoms with Crippen LogP contribution in [0.15, 0.2) is 437 Å². The van der Waals surface area contributed by atoms with Gasteiger partial charge >= 0.3 is 33.3 Å². The van der Waals surface area contributed by atoms with Gasteiger partial charge in [0.25, 0.3) is 0 Å². The van der Waals surface area contributed by atoms with E-state index in [0.29, 0.717) is 0 Å². The molecule has 0 amide bonds. The highest BCUT2D eigenvalue weighted by Crippen LogP contribution is 2.51. The van der Waals surface area contributed by atoms with Crippen molar-refractivity contribution in [3.8, 4) is 23.0 Å². The van der Waals surface area contributed by atoms with Crippen molar-refractivity contribution in [2.45, 2.75) is 117 Å². The average Bonchev–Trinajstić information content (AvgIpc) is 0.342. The maximum absolute atomic E-state index is 8.33. The molecule has 16 rings (SSSR count). The van der Waals surface area contributed by atoms with Crippen molar-refractivity contribution in [3.05, 3.63) is 481 Å². The fourth-order valence-corrected chi connectivity index (χ4v) is 33.6. The zero-order valence-corrected chi connectivity index (χ0v) is 76.4. The summed E-state index contributed by atoms with van der Waals surface area (Å²) in [6.45, 7) is 28.2. The van der Waals surface area contributed by atoms with Gasteiger partial charge in [0.15, 0.2) is 0 Å². The van der Waals surface area contributed by atoms with E-state index in [1.54, 1.807) is 0 Å². The lowest BCUT2D eigenvalue weighted by Crippen LogP contribution is -2.71. The van der Waals surface area contributed by atoms with Gasteiger partial charge in [-0.1, -0.05) is 496 Å². The Kier molecular flexibility index (Phi) is 23.9. The van der Waals surface area contributed by atoms with E-state index in [4.69, 9.17) is 17.7 Å². The van der Waals surface area contributed by atoms with Gasteiger partial charge in [-0.2, -0.15) is 0 Å². The Bertz CT molecular complexity index is 4990. The summed E-state index contributed by atoms with van der Waals surface area (Å²) in [6, 6.07) is 161. The lowest BCUT2D eigenvalue weighted by atomic mass is 9.70. The molecule has 0 bridgehead atoms. The molecule has 0 heterocycles. The first-order chi connectivity index (χ1) is 59.0. The Morgan fingerprint density at radius 2 is 0.270 bits per heavy atom. The van der Waals surface area contributed by atoms with Crippen molar-refractivity contribution < 1.29 is 17.7 Å². The van der Waals surface area contributed by atoms with Crippen LogP contribution in [0.4, 0.5) is 0 Å². The maximum Gasteiger partial charge on any atom is 0.346 e. The Labute approximate surface area is 728 Å². The summed E-state index contributed by atoms with van der Waals surface area (Å²) in [4.78, 5) is 0. The van der Waals surface area contributed by atoms with Gasteiger partial charge in [-0.25, -0.2) is 0 Å². The van der Waals surface area contributed by atoms with Gasteiger partial charge in [0.05, 0.1) is 0 Å². The summed E-state index contributed by atoms with van der Waals surface area (Å²) in [7, 11) is -13.6. The normalized spacial score (nSPS) is 12.4. The van der Waals surface area contributed by atoms with Crippen LogP contribution in [-0.4, -0.2) is 33.3 Å². The molecule has 0 aliphatic carbocycles. The third-order valence-electron chi connectivity index (χ3n) is 24.2. The van der Waals surface area contributed by atoms with E-state index in [1.165, 1.54) is 0 Å². The maximum atomic E-state index is 8.33. The van der Waals surface area contributed by atoms with E-state index in [1.807, 2.05) is 0 Å². The van der Waals surface area contributed by atoms with Crippen molar-refractivity contribution >= 4 is 95.5 Å². The minimum atomic E-state index is -3.39. The van der Waals surface area contributed by atoms with Crippen molar-refractivity contribution in [2.75, 3.05) is 0 Å². The van der Waals surface area contributed by atoms with Crippen molar-refractivity contribution in [2.24, 2.45) is 0 Å². The van der Waals surface area contributed by atoms with Crippen LogP contribution in [0, 0.1) is 0 Å². The second-order valence-corrected chi connectivity index (χ2v) is 49.7. The van der Waals surface area contributed by atoms with Crippen LogP contribution in [0.2, 0.25) is 0 Å². The molecule has 122 heavy (non-hydrogen) atoms. The molecule has 4 nitrogen and oxygen atoms in total. The van der Waals surface area contributed by atoms with E-state index in [-0.39, 0.29) is 0 Å². The Balaban J connectivity index is 1.01. The molecular weight excluding hydrogens is 1550 g/mol. The number of benzene rings is 16. The van der Waals surface area contributed by atoms with Gasteiger partial charge in [-0.15, -0.1) is 0 Å². The molecule has 0 aliphatic rings. The monoisotopic (exact) mass is 1650 g/mol. The Morgan fingerprint density at radius 3 is 0.377 bits per heavy atom. The fourth-order valence-electron chi connectivity index (χ4n) is 18.3. The number of hydrogen-bond donors (Lipinski definition) is 0. The molecule has 0 saturated heterocycles. The lowest BCUT2D eigenvalue weighted by Gasteiger charge is -2.39. The fraction of sp³-hybridized carbons (Fsp3) is 0.158. The van der Waals surface area contributed by atoms with Crippen molar-refractivity contribution in [3.63, 3.8) is 0 Å². The first-order valence-corrected chi connectivity index (χ1v) is 50.6. The standard InChI is InChI=1S/C114H110O4Si4/c1-111(2,3)101-81-85(73-77-105(101)115-119(89-49-25-13-26-50-89,90-51-27-14-28-52-90)91-53-29-15-30-54-91)109(86-74-78-106(102(82-86)112(4,5)6)116-120(92-55-31-16-32-56-92,93-57-33-17-34-58-93)94-59-35-18-36-60-94)110(87-75-79-107(103(83-87)113(7,8)9)117-121(95-61-37-19-38-62-95,96-63-39-20-40-64-96)97-65-41-21-42-66-97)88-76-80-108(104(84-88)114(10,11)12)118-122(98-67-43-22-44-68-98,99-69-45-23-46-70-99)100-71-47-24-48-72-100/h13-84,109-110H,1-12H3. The van der Waals surface area contributed by atoms with E-state index in [2.05, 4.69) is 520 Å². The second-order valence-electron chi connectivity index (χ2n) is 36.5. The summed E-state index contributed by atoms with van der Waals surface area (Å²) in [5.74, 6) is 2.58. The third-order valence-corrected chi connectivity index (χ3v) is 40.1. The van der Waals surface area contributed by atoms with Crippen LogP contribution >= 0.6 is 0 Å². The zero-order chi connectivity index (χ0) is 84.8. The average molecular weight is 1660 g/mol. The van der Waals surface area contributed by atoms with Gasteiger partial charge in [0.1, 0.15) is 23.0 Å². The summed E-state index contributed by atoms with van der Waals surface area (Å²) >= 11 is 0. The molecule has 0 N–H and O–H groups in total. The quantitative estimate of drug-likeness (QED) is 0.0422. The van der Waals surface area contributed by atoms with Crippen molar-refractivity contribution in [1.29, 1.82) is 0 Å². The largest absolute Gasteiger partial charge is 0.530 e. The SMILES string of the molecule is CC(C)(C)c1cc(C(c2ccc(O[Si](c3ccccc3)(c3ccccc3)c3ccccc3)c(C(C)(C)C)c2)C(c2ccc(O[Si](c3ccccc3)(c3ccccc3)c3ccccc3)c(C(C)(C)C)c2)c2ccc(O[Si](c3ccccc3)(c3ccccc3)c3ccccc3)c(C(C)(C)C)c2)ccc1O[Si](c1ccccc1)(c1ccccc1)c1ccccc1. The van der Waals surface area contributed by atoms with Crippen LogP contribution in [-0.2, 0) is 21.7 Å². The summed E-state index contributed by atoms with van der Waals surface area (Å²) in [5, 5.41) is 13.9. The van der Waals surface area contributed by atoms with Crippen LogP contribution in [0.1, 0.15) is 139 Å². The summed E-state index contributed by atoms with van der Waals surface area (Å²) in [6.07, 6.45) is 0. The van der Waals surface area contributed by atoms with Gasteiger partial charge in [-0.05, 0) is 153 Å². The lowest BCUT2D eigenvalue weighted by molar-refractivity contribution is 0.510. The number of hydrogen-bond acceptors (Lipinski definition) is 4. The summed E-state index contributed by atoms with van der Waals surface area (Å²) in [5.41, 5.74) is 7.12. The molecule has 0 atom stereocenters. The van der Waals surface area contributed by atoms with Crippen LogP contribution in [0.5, 0.6) is 23.0 Å².